The number of aromatic nitrogens is 4. The van der Waals surface area contributed by atoms with Crippen LogP contribution in [0.2, 0.25) is 0 Å². The first-order valence-electron chi connectivity index (χ1n) is 12.2. The molecule has 6 heteroatoms. The first-order chi connectivity index (χ1) is 17.6. The van der Waals surface area contributed by atoms with Crippen LogP contribution in [0.15, 0.2) is 96.0 Å². The van der Waals surface area contributed by atoms with E-state index in [-0.39, 0.29) is 6.17 Å². The fraction of sp³-hybridized carbons (Fsp3) is 0.133. The third-order valence-electron chi connectivity index (χ3n) is 6.98. The van der Waals surface area contributed by atoms with E-state index in [1.807, 2.05) is 18.2 Å². The largest absolute Gasteiger partial charge is 0.296 e. The van der Waals surface area contributed by atoms with Crippen LogP contribution in [0.4, 0.5) is 5.69 Å². The number of para-hydroxylation sites is 6. The van der Waals surface area contributed by atoms with Crippen LogP contribution in [-0.2, 0) is 0 Å². The molecule has 36 heavy (non-hydrogen) atoms. The number of hydrogen-bond acceptors (Lipinski definition) is 3. The molecular formula is C30H25N6+. The lowest BCUT2D eigenvalue weighted by Gasteiger charge is -2.14. The summed E-state index contributed by atoms with van der Waals surface area (Å²) in [5.41, 5.74) is 7.35. The molecule has 4 aromatic carbocycles. The molecule has 0 saturated heterocycles. The van der Waals surface area contributed by atoms with Gasteiger partial charge < -0.3 is 0 Å². The van der Waals surface area contributed by atoms with E-state index in [1.165, 1.54) is 0 Å². The predicted molar refractivity (Wildman–Crippen MR) is 143 cm³/mol. The second-order valence-electron chi connectivity index (χ2n) is 9.29. The number of hydrogen-bond donors (Lipinski definition) is 0. The Hall–Kier alpha value is -4.58. The maximum absolute atomic E-state index is 4.92. The summed E-state index contributed by atoms with van der Waals surface area (Å²) in [7, 11) is 0. The van der Waals surface area contributed by atoms with Crippen molar-refractivity contribution in [3.05, 3.63) is 113 Å². The standard InChI is InChI=1S/C30H25N6/c1-19-31-25-10-4-7-13-28(25)34(19)22-16-23(35-20(2)32-26-11-5-8-14-29(26)35)18-24(17-22)36-21(3)33-27-12-6-9-15-30(27)36/h4-19H,1-3H3/q+1. The van der Waals surface area contributed by atoms with E-state index in [0.29, 0.717) is 0 Å². The minimum atomic E-state index is -0.00763. The lowest BCUT2D eigenvalue weighted by molar-refractivity contribution is 0.607. The molecule has 1 aliphatic heterocycles. The Morgan fingerprint density at radius 1 is 0.667 bits per heavy atom. The third-order valence-corrected chi connectivity index (χ3v) is 6.98. The Labute approximate surface area is 208 Å². The summed E-state index contributed by atoms with van der Waals surface area (Å²) in [6.07, 6.45) is -0.00763. The predicted octanol–water partition coefficient (Wildman–Crippen LogP) is 4.78. The number of benzene rings is 4. The number of imidazole rings is 2. The smallest absolute Gasteiger partial charge is 0.249 e. The van der Waals surface area contributed by atoms with E-state index in [0.717, 1.165) is 61.5 Å². The first kappa shape index (κ1) is 20.8. The second kappa shape index (κ2) is 7.71. The van der Waals surface area contributed by atoms with Gasteiger partial charge in [-0.3, -0.25) is 9.13 Å². The van der Waals surface area contributed by atoms with E-state index in [1.54, 1.807) is 0 Å². The number of rotatable bonds is 3. The Balaban J connectivity index is 1.58. The Morgan fingerprint density at radius 2 is 1.19 bits per heavy atom. The highest BCUT2D eigenvalue weighted by molar-refractivity contribution is 5.81. The van der Waals surface area contributed by atoms with E-state index in [4.69, 9.17) is 15.0 Å². The molecule has 0 amide bonds. The van der Waals surface area contributed by atoms with Gasteiger partial charge in [-0.1, -0.05) is 36.4 Å². The van der Waals surface area contributed by atoms with Crippen molar-refractivity contribution in [3.8, 4) is 11.4 Å². The molecule has 1 unspecified atom stereocenters. The molecule has 0 fully saturated rings. The maximum Gasteiger partial charge on any atom is 0.249 e. The van der Waals surface area contributed by atoms with Gasteiger partial charge in [0.1, 0.15) is 17.0 Å². The maximum atomic E-state index is 4.92. The lowest BCUT2D eigenvalue weighted by Crippen LogP contribution is -2.33. The van der Waals surface area contributed by atoms with Gasteiger partial charge in [0.25, 0.3) is 0 Å². The van der Waals surface area contributed by atoms with Gasteiger partial charge in [0, 0.05) is 25.1 Å². The van der Waals surface area contributed by atoms with Crippen LogP contribution in [0.3, 0.4) is 0 Å². The lowest BCUT2D eigenvalue weighted by atomic mass is 10.2. The molecule has 6 nitrogen and oxygen atoms in total. The molecule has 0 saturated carbocycles. The molecule has 0 spiro atoms. The van der Waals surface area contributed by atoms with Crippen molar-refractivity contribution in [2.24, 2.45) is 4.99 Å². The summed E-state index contributed by atoms with van der Waals surface area (Å²) >= 11 is 0. The van der Waals surface area contributed by atoms with Crippen molar-refractivity contribution in [3.63, 3.8) is 0 Å². The molecule has 0 radical (unpaired) electrons. The summed E-state index contributed by atoms with van der Waals surface area (Å²) < 4.78 is 6.78. The van der Waals surface area contributed by atoms with Crippen molar-refractivity contribution in [1.82, 2.24) is 23.7 Å². The molecule has 3 heterocycles. The first-order valence-corrected chi connectivity index (χ1v) is 12.2. The number of aryl methyl sites for hydroxylation is 2. The summed E-state index contributed by atoms with van der Waals surface area (Å²) in [6, 6.07) is 31.6. The Bertz CT molecular complexity index is 1840. The Kier molecular flexibility index (Phi) is 4.45. The van der Waals surface area contributed by atoms with Crippen molar-refractivity contribution in [2.75, 3.05) is 0 Å². The average Bonchev–Trinajstić information content (AvgIpc) is 3.51. The Morgan fingerprint density at radius 3 is 1.81 bits per heavy atom. The van der Waals surface area contributed by atoms with Gasteiger partial charge in [0.05, 0.1) is 33.4 Å². The van der Waals surface area contributed by atoms with Crippen molar-refractivity contribution >= 4 is 27.8 Å². The van der Waals surface area contributed by atoms with E-state index in [2.05, 4.69) is 107 Å². The third kappa shape index (κ3) is 3.04. The SMILES string of the molecule is Cc1nc2ccccc2n1-c1cc(-n2c(C)nc3ccccc32)cc([N+]2=c3ccccc3=NC2C)c1. The molecule has 7 rings (SSSR count). The molecule has 174 valence electrons. The fourth-order valence-electron chi connectivity index (χ4n) is 5.51. The zero-order valence-corrected chi connectivity index (χ0v) is 20.4. The summed E-state index contributed by atoms with van der Waals surface area (Å²) in [4.78, 5) is 14.6. The molecule has 0 bridgehead atoms. The van der Waals surface area contributed by atoms with Crippen molar-refractivity contribution < 1.29 is 0 Å². The minimum absolute atomic E-state index is 0.00763. The van der Waals surface area contributed by atoms with Crippen LogP contribution in [0.5, 0.6) is 0 Å². The van der Waals surface area contributed by atoms with Crippen molar-refractivity contribution in [2.45, 2.75) is 26.9 Å². The molecule has 0 aliphatic carbocycles. The molecule has 2 aromatic heterocycles. The van der Waals surface area contributed by atoms with Crippen LogP contribution >= 0.6 is 0 Å². The van der Waals surface area contributed by atoms with Gasteiger partial charge in [-0.25, -0.2) is 15.0 Å². The molecular weight excluding hydrogens is 444 g/mol. The van der Waals surface area contributed by atoms with Gasteiger partial charge in [0.15, 0.2) is 0 Å². The quantitative estimate of drug-likeness (QED) is 0.350. The topological polar surface area (TPSA) is 51.0 Å². The van der Waals surface area contributed by atoms with Crippen LogP contribution in [0.1, 0.15) is 18.6 Å². The van der Waals surface area contributed by atoms with Gasteiger partial charge in [-0.15, -0.1) is 0 Å². The highest BCUT2D eigenvalue weighted by Crippen LogP contribution is 2.30. The minimum Gasteiger partial charge on any atom is -0.296 e. The zero-order valence-electron chi connectivity index (χ0n) is 20.4. The van der Waals surface area contributed by atoms with Crippen molar-refractivity contribution in [1.29, 1.82) is 0 Å². The summed E-state index contributed by atoms with van der Waals surface area (Å²) in [6.45, 7) is 6.27. The highest BCUT2D eigenvalue weighted by atomic mass is 15.2. The van der Waals surface area contributed by atoms with Crippen LogP contribution < -0.4 is 15.3 Å². The fourth-order valence-corrected chi connectivity index (χ4v) is 5.51. The molecule has 1 aliphatic rings. The van der Waals surface area contributed by atoms with E-state index < -0.39 is 0 Å². The molecule has 0 N–H and O–H groups in total. The monoisotopic (exact) mass is 469 g/mol. The van der Waals surface area contributed by atoms with Gasteiger partial charge in [0.2, 0.25) is 17.2 Å². The number of fused-ring (bicyclic) bond motifs is 3. The van der Waals surface area contributed by atoms with Gasteiger partial charge >= 0.3 is 0 Å². The second-order valence-corrected chi connectivity index (χ2v) is 9.29. The molecule has 6 aromatic rings. The average molecular weight is 470 g/mol. The van der Waals surface area contributed by atoms with Crippen LogP contribution in [0, 0.1) is 13.8 Å². The van der Waals surface area contributed by atoms with E-state index >= 15 is 0 Å². The highest BCUT2D eigenvalue weighted by Gasteiger charge is 2.26. The number of nitrogens with zero attached hydrogens (tertiary/aromatic N) is 6. The van der Waals surface area contributed by atoms with E-state index in [9.17, 15) is 0 Å². The summed E-state index contributed by atoms with van der Waals surface area (Å²) in [5.74, 6) is 1.90. The molecule has 1 atom stereocenters. The summed E-state index contributed by atoms with van der Waals surface area (Å²) in [5, 5.41) is 2.14. The van der Waals surface area contributed by atoms with Gasteiger partial charge in [-0.2, -0.15) is 4.58 Å². The zero-order chi connectivity index (χ0) is 24.4. The van der Waals surface area contributed by atoms with Gasteiger partial charge in [-0.05, 0) is 50.2 Å². The van der Waals surface area contributed by atoms with Crippen LogP contribution in [-0.4, -0.2) is 25.3 Å². The van der Waals surface area contributed by atoms with Crippen LogP contribution in [0.25, 0.3) is 33.4 Å². The normalized spacial score (nSPS) is 15.0.